The van der Waals surface area contributed by atoms with E-state index in [-0.39, 0.29) is 43.5 Å². The zero-order chi connectivity index (χ0) is 21.7. The Kier molecular flexibility index (Phi) is 6.79. The van der Waals surface area contributed by atoms with Gasteiger partial charge in [0.1, 0.15) is 11.6 Å². The molecule has 1 unspecified atom stereocenters. The number of nitrogens with one attached hydrogen (secondary N) is 2. The highest BCUT2D eigenvalue weighted by Crippen LogP contribution is 2.32. The summed E-state index contributed by atoms with van der Waals surface area (Å²) < 4.78 is 27.1. The van der Waals surface area contributed by atoms with Crippen molar-refractivity contribution in [3.63, 3.8) is 0 Å². The van der Waals surface area contributed by atoms with Gasteiger partial charge < -0.3 is 21.1 Å². The average Bonchev–Trinajstić information content (AvgIpc) is 3.07. The topological polar surface area (TPSA) is 108 Å². The van der Waals surface area contributed by atoms with E-state index >= 15 is 0 Å². The number of amides is 2. The summed E-state index contributed by atoms with van der Waals surface area (Å²) in [5.74, 6) is -2.31. The number of carbonyl (C=O) groups is 2. The van der Waals surface area contributed by atoms with E-state index in [9.17, 15) is 18.4 Å². The highest BCUT2D eigenvalue weighted by molar-refractivity contribution is 5.91. The van der Waals surface area contributed by atoms with E-state index in [1.807, 2.05) is 0 Å². The fraction of sp³-hybridized carbons (Fsp3) is 0.273. The van der Waals surface area contributed by atoms with E-state index in [1.54, 1.807) is 18.2 Å². The molecule has 30 heavy (non-hydrogen) atoms. The number of hydrogen-bond donors (Lipinski definition) is 4. The van der Waals surface area contributed by atoms with Crippen LogP contribution in [0.25, 0.3) is 22.2 Å². The summed E-state index contributed by atoms with van der Waals surface area (Å²) in [7, 11) is 0. The number of rotatable bonds is 9. The summed E-state index contributed by atoms with van der Waals surface area (Å²) >= 11 is 0. The quantitative estimate of drug-likeness (QED) is 0.431. The zero-order valence-corrected chi connectivity index (χ0v) is 16.3. The second-order valence-corrected chi connectivity index (χ2v) is 7.10. The monoisotopic (exact) mass is 415 g/mol. The van der Waals surface area contributed by atoms with Crippen molar-refractivity contribution in [3.05, 3.63) is 59.7 Å². The molecule has 6 nitrogen and oxygen atoms in total. The molecule has 2 amide bonds. The summed E-state index contributed by atoms with van der Waals surface area (Å²) in [4.78, 5) is 26.6. The van der Waals surface area contributed by atoms with E-state index < -0.39 is 11.8 Å². The van der Waals surface area contributed by atoms with Crippen molar-refractivity contribution < 1.29 is 23.5 Å². The van der Waals surface area contributed by atoms with Crippen molar-refractivity contribution in [1.29, 1.82) is 0 Å². The maximum atomic E-state index is 13.8. The number of aromatic nitrogens is 1. The van der Waals surface area contributed by atoms with Crippen molar-refractivity contribution in [3.8, 4) is 11.3 Å². The molecule has 0 bridgehead atoms. The first-order chi connectivity index (χ1) is 14.4. The maximum Gasteiger partial charge on any atom is 0.222 e. The van der Waals surface area contributed by atoms with Gasteiger partial charge in [-0.05, 0) is 66.4 Å². The fourth-order valence-corrected chi connectivity index (χ4v) is 3.38. The molecule has 0 fully saturated rings. The number of carbonyl (C=O) groups excluding carboxylic acids is 2. The van der Waals surface area contributed by atoms with Crippen LogP contribution in [0.3, 0.4) is 0 Å². The minimum atomic E-state index is -0.702. The third kappa shape index (κ3) is 5.01. The van der Waals surface area contributed by atoms with E-state index in [2.05, 4.69) is 10.3 Å². The van der Waals surface area contributed by atoms with Crippen LogP contribution in [-0.4, -0.2) is 35.1 Å². The molecule has 158 valence electrons. The van der Waals surface area contributed by atoms with Crippen LogP contribution < -0.4 is 11.1 Å². The summed E-state index contributed by atoms with van der Waals surface area (Å²) in [6.45, 7) is -0.159. The predicted molar refractivity (Wildman–Crippen MR) is 109 cm³/mol. The summed E-state index contributed by atoms with van der Waals surface area (Å²) in [5, 5.41) is 12.5. The number of primary amides is 1. The van der Waals surface area contributed by atoms with Gasteiger partial charge in [0.05, 0.1) is 12.5 Å². The third-order valence-electron chi connectivity index (χ3n) is 5.04. The lowest BCUT2D eigenvalue weighted by Gasteiger charge is -2.11. The molecule has 0 aliphatic rings. The zero-order valence-electron chi connectivity index (χ0n) is 16.3. The number of benzene rings is 2. The number of hydrogen-bond acceptors (Lipinski definition) is 3. The molecule has 2 aromatic carbocycles. The first kappa shape index (κ1) is 21.4. The lowest BCUT2D eigenvalue weighted by atomic mass is 10.0. The van der Waals surface area contributed by atoms with Crippen LogP contribution in [0.15, 0.2) is 42.5 Å². The Bertz CT molecular complexity index is 1050. The number of aliphatic hydroxyl groups excluding tert-OH is 1. The number of H-pyrrole nitrogens is 1. The van der Waals surface area contributed by atoms with Gasteiger partial charge in [-0.2, -0.15) is 0 Å². The Balaban J connectivity index is 1.75. The molecule has 0 saturated carbocycles. The SMILES string of the molecule is NC(=O)C(CO)CCNC(=O)CCc1c(-c2ccc(F)cc2)[nH]c2ccc(F)cc12. The molecular formula is C22H23F2N3O3. The van der Waals surface area contributed by atoms with E-state index in [4.69, 9.17) is 10.8 Å². The van der Waals surface area contributed by atoms with Gasteiger partial charge in [-0.15, -0.1) is 0 Å². The lowest BCUT2D eigenvalue weighted by molar-refractivity contribution is -0.124. The molecule has 0 saturated heterocycles. The van der Waals surface area contributed by atoms with Gasteiger partial charge in [-0.25, -0.2) is 8.78 Å². The summed E-state index contributed by atoms with van der Waals surface area (Å²) in [6, 6.07) is 10.3. The highest BCUT2D eigenvalue weighted by atomic mass is 19.1. The Labute approximate surface area is 172 Å². The third-order valence-corrected chi connectivity index (χ3v) is 5.04. The van der Waals surface area contributed by atoms with Crippen LogP contribution in [0.4, 0.5) is 8.78 Å². The van der Waals surface area contributed by atoms with Crippen molar-refractivity contribution in [2.45, 2.75) is 19.3 Å². The van der Waals surface area contributed by atoms with Gasteiger partial charge in [0.25, 0.3) is 0 Å². The van der Waals surface area contributed by atoms with Crippen LogP contribution >= 0.6 is 0 Å². The Morgan fingerprint density at radius 1 is 1.10 bits per heavy atom. The second-order valence-electron chi connectivity index (χ2n) is 7.10. The fourth-order valence-electron chi connectivity index (χ4n) is 3.38. The van der Waals surface area contributed by atoms with E-state index in [0.29, 0.717) is 17.5 Å². The molecule has 3 rings (SSSR count). The second kappa shape index (κ2) is 9.49. The van der Waals surface area contributed by atoms with Crippen LogP contribution in [-0.2, 0) is 16.0 Å². The van der Waals surface area contributed by atoms with E-state index in [0.717, 1.165) is 16.6 Å². The summed E-state index contributed by atoms with van der Waals surface area (Å²) in [5.41, 5.74) is 8.08. The Hall–Kier alpha value is -3.26. The number of aromatic amines is 1. The molecule has 0 aliphatic heterocycles. The molecule has 3 aromatic rings. The largest absolute Gasteiger partial charge is 0.396 e. The number of aryl methyl sites for hydroxylation is 1. The van der Waals surface area contributed by atoms with Crippen molar-refractivity contribution in [2.75, 3.05) is 13.2 Å². The van der Waals surface area contributed by atoms with Gasteiger partial charge in [0.15, 0.2) is 0 Å². The first-order valence-corrected chi connectivity index (χ1v) is 9.62. The normalized spacial score (nSPS) is 12.1. The van der Waals surface area contributed by atoms with Crippen molar-refractivity contribution >= 4 is 22.7 Å². The Morgan fingerprint density at radius 2 is 1.80 bits per heavy atom. The van der Waals surface area contributed by atoms with Gasteiger partial charge in [-0.3, -0.25) is 9.59 Å². The lowest BCUT2D eigenvalue weighted by Crippen LogP contribution is -2.32. The molecule has 0 aliphatic carbocycles. The minimum Gasteiger partial charge on any atom is -0.396 e. The van der Waals surface area contributed by atoms with E-state index in [1.165, 1.54) is 24.3 Å². The van der Waals surface area contributed by atoms with Crippen molar-refractivity contribution in [1.82, 2.24) is 10.3 Å². The number of aliphatic hydroxyl groups is 1. The molecule has 1 aromatic heterocycles. The van der Waals surface area contributed by atoms with Gasteiger partial charge in [0.2, 0.25) is 11.8 Å². The average molecular weight is 415 g/mol. The van der Waals surface area contributed by atoms with Crippen LogP contribution in [0.2, 0.25) is 0 Å². The highest BCUT2D eigenvalue weighted by Gasteiger charge is 2.17. The number of fused-ring (bicyclic) bond motifs is 1. The predicted octanol–water partition coefficient (Wildman–Crippen LogP) is 2.65. The number of nitrogens with two attached hydrogens (primary N) is 1. The first-order valence-electron chi connectivity index (χ1n) is 9.62. The number of halogens is 2. The van der Waals surface area contributed by atoms with Gasteiger partial charge in [-0.1, -0.05) is 0 Å². The van der Waals surface area contributed by atoms with Crippen LogP contribution in [0.1, 0.15) is 18.4 Å². The molecule has 5 N–H and O–H groups in total. The van der Waals surface area contributed by atoms with Crippen LogP contribution in [0, 0.1) is 17.6 Å². The summed E-state index contributed by atoms with van der Waals surface area (Å²) in [6.07, 6.45) is 0.718. The Morgan fingerprint density at radius 3 is 2.47 bits per heavy atom. The molecular weight excluding hydrogens is 392 g/mol. The molecule has 1 heterocycles. The van der Waals surface area contributed by atoms with Gasteiger partial charge in [0, 0.05) is 29.6 Å². The molecule has 0 spiro atoms. The standard InChI is InChI=1S/C22H23F2N3O3/c23-15-3-1-13(2-4-15)21-17(18-11-16(24)5-7-19(18)27-21)6-8-20(29)26-10-9-14(12-28)22(25)30/h1-5,7,11,14,27-28H,6,8-10,12H2,(H2,25,30)(H,26,29). The smallest absolute Gasteiger partial charge is 0.222 e. The van der Waals surface area contributed by atoms with Crippen molar-refractivity contribution in [2.24, 2.45) is 11.7 Å². The molecule has 0 radical (unpaired) electrons. The molecule has 1 atom stereocenters. The maximum absolute atomic E-state index is 13.8. The van der Waals surface area contributed by atoms with Gasteiger partial charge >= 0.3 is 0 Å². The van der Waals surface area contributed by atoms with Crippen LogP contribution in [0.5, 0.6) is 0 Å². The molecule has 8 heteroatoms. The minimum absolute atomic E-state index is 0.137.